The molecule has 2 aromatic rings. The third-order valence-corrected chi connectivity index (χ3v) is 3.67. The Hall–Kier alpha value is -1.27. The van der Waals surface area contributed by atoms with E-state index in [2.05, 4.69) is 22.6 Å². The lowest BCUT2D eigenvalue weighted by molar-refractivity contribution is -0.145. The molecule has 0 aliphatic carbocycles. The summed E-state index contributed by atoms with van der Waals surface area (Å²) in [5.74, 6) is -0.495. The van der Waals surface area contributed by atoms with E-state index in [1.165, 1.54) is 0 Å². The summed E-state index contributed by atoms with van der Waals surface area (Å²) in [6.07, 6.45) is -0.606. The van der Waals surface area contributed by atoms with E-state index < -0.39 is 12.1 Å². The number of aliphatic carboxylic acids is 1. The third kappa shape index (κ3) is 4.38. The molecule has 2 rings (SSSR count). The number of carboxylic acids is 1. The second-order valence-corrected chi connectivity index (χ2v) is 5.91. The number of carboxylic acid groups (broad SMARTS) is 1. The predicted octanol–water partition coefficient (Wildman–Crippen LogP) is 4.02. The van der Waals surface area contributed by atoms with Crippen molar-refractivity contribution in [1.29, 1.82) is 0 Å². The summed E-state index contributed by atoms with van der Waals surface area (Å²) in [4.78, 5) is 11.3. The molecule has 0 aliphatic rings. The van der Waals surface area contributed by atoms with Gasteiger partial charge in [-0.15, -0.1) is 0 Å². The number of hydrogen-bond acceptors (Lipinski definition) is 2. The Labute approximate surface area is 135 Å². The highest BCUT2D eigenvalue weighted by Gasteiger charge is 2.20. The Morgan fingerprint density at radius 3 is 2.30 bits per heavy atom. The highest BCUT2D eigenvalue weighted by Crippen LogP contribution is 2.18. The van der Waals surface area contributed by atoms with Gasteiger partial charge in [-0.05, 0) is 64.6 Å². The summed E-state index contributed by atoms with van der Waals surface area (Å²) >= 11 is 7.99. The minimum atomic E-state index is -0.987. The van der Waals surface area contributed by atoms with Crippen LogP contribution in [0.1, 0.15) is 5.56 Å². The highest BCUT2D eigenvalue weighted by atomic mass is 127. The van der Waals surface area contributed by atoms with Crippen LogP contribution in [0.2, 0.25) is 5.02 Å². The monoisotopic (exact) mass is 402 g/mol. The van der Waals surface area contributed by atoms with E-state index in [0.29, 0.717) is 17.2 Å². The van der Waals surface area contributed by atoms with Crippen LogP contribution in [-0.2, 0) is 11.2 Å². The van der Waals surface area contributed by atoms with Crippen LogP contribution in [-0.4, -0.2) is 17.2 Å². The smallest absolute Gasteiger partial charge is 0.345 e. The highest BCUT2D eigenvalue weighted by molar-refractivity contribution is 14.1. The standard InChI is InChI=1S/C15H12ClIO3/c16-11-3-7-13(8-4-11)20-14(15(18)19)9-10-1-5-12(17)6-2-10/h1-8,14H,9H2,(H,18,19)/t14-/m1/s1. The minimum Gasteiger partial charge on any atom is -0.478 e. The van der Waals surface area contributed by atoms with Crippen LogP contribution in [0.15, 0.2) is 48.5 Å². The van der Waals surface area contributed by atoms with Gasteiger partial charge in [0, 0.05) is 15.0 Å². The Morgan fingerprint density at radius 1 is 1.15 bits per heavy atom. The number of benzene rings is 2. The Morgan fingerprint density at radius 2 is 1.75 bits per heavy atom. The van der Waals surface area contributed by atoms with E-state index in [1.807, 2.05) is 24.3 Å². The molecule has 0 radical (unpaired) electrons. The molecule has 0 bridgehead atoms. The van der Waals surface area contributed by atoms with Gasteiger partial charge in [-0.2, -0.15) is 0 Å². The molecule has 0 unspecified atom stereocenters. The molecule has 2 aromatic carbocycles. The number of hydrogen-bond donors (Lipinski definition) is 1. The topological polar surface area (TPSA) is 46.5 Å². The van der Waals surface area contributed by atoms with Gasteiger partial charge in [0.15, 0.2) is 6.10 Å². The van der Waals surface area contributed by atoms with Gasteiger partial charge in [0.2, 0.25) is 0 Å². The van der Waals surface area contributed by atoms with E-state index in [9.17, 15) is 9.90 Å². The van der Waals surface area contributed by atoms with Crippen molar-refractivity contribution in [3.8, 4) is 5.75 Å². The lowest BCUT2D eigenvalue weighted by atomic mass is 10.1. The van der Waals surface area contributed by atoms with Crippen LogP contribution in [0.3, 0.4) is 0 Å². The molecule has 0 fully saturated rings. The van der Waals surface area contributed by atoms with Crippen LogP contribution in [0.4, 0.5) is 0 Å². The van der Waals surface area contributed by atoms with Crippen LogP contribution < -0.4 is 4.74 Å². The molecule has 5 heteroatoms. The van der Waals surface area contributed by atoms with Crippen molar-refractivity contribution < 1.29 is 14.6 Å². The predicted molar refractivity (Wildman–Crippen MR) is 86.4 cm³/mol. The first-order valence-electron chi connectivity index (χ1n) is 5.94. The van der Waals surface area contributed by atoms with Crippen molar-refractivity contribution in [2.75, 3.05) is 0 Å². The van der Waals surface area contributed by atoms with Gasteiger partial charge in [-0.25, -0.2) is 4.79 Å². The van der Waals surface area contributed by atoms with Crippen molar-refractivity contribution in [3.05, 3.63) is 62.7 Å². The molecule has 0 saturated heterocycles. The van der Waals surface area contributed by atoms with Crippen LogP contribution >= 0.6 is 34.2 Å². The molecular weight excluding hydrogens is 391 g/mol. The lowest BCUT2D eigenvalue weighted by Crippen LogP contribution is -2.29. The largest absolute Gasteiger partial charge is 0.478 e. The van der Waals surface area contributed by atoms with Gasteiger partial charge in [0.1, 0.15) is 5.75 Å². The summed E-state index contributed by atoms with van der Waals surface area (Å²) in [6.45, 7) is 0. The van der Waals surface area contributed by atoms with E-state index >= 15 is 0 Å². The lowest BCUT2D eigenvalue weighted by Gasteiger charge is -2.15. The fraction of sp³-hybridized carbons (Fsp3) is 0.133. The third-order valence-electron chi connectivity index (χ3n) is 2.70. The SMILES string of the molecule is O=C(O)[C@@H](Cc1ccc(I)cc1)Oc1ccc(Cl)cc1. The minimum absolute atomic E-state index is 0.314. The van der Waals surface area contributed by atoms with Gasteiger partial charge in [-0.1, -0.05) is 23.7 Å². The maximum absolute atomic E-state index is 11.3. The molecule has 0 heterocycles. The fourth-order valence-corrected chi connectivity index (χ4v) is 2.18. The van der Waals surface area contributed by atoms with E-state index in [-0.39, 0.29) is 0 Å². The average molecular weight is 403 g/mol. The summed E-state index contributed by atoms with van der Waals surface area (Å²) < 4.78 is 6.61. The Balaban J connectivity index is 2.09. The van der Waals surface area contributed by atoms with Crippen molar-refractivity contribution in [2.24, 2.45) is 0 Å². The van der Waals surface area contributed by atoms with Crippen molar-refractivity contribution in [2.45, 2.75) is 12.5 Å². The molecule has 0 aromatic heterocycles. The van der Waals surface area contributed by atoms with Gasteiger partial charge >= 0.3 is 5.97 Å². The van der Waals surface area contributed by atoms with Gasteiger partial charge in [0.05, 0.1) is 0 Å². The maximum atomic E-state index is 11.3. The zero-order valence-electron chi connectivity index (χ0n) is 10.4. The average Bonchev–Trinajstić information content (AvgIpc) is 2.42. The molecule has 3 nitrogen and oxygen atoms in total. The quantitative estimate of drug-likeness (QED) is 0.769. The van der Waals surface area contributed by atoms with Gasteiger partial charge < -0.3 is 9.84 Å². The van der Waals surface area contributed by atoms with E-state index in [1.54, 1.807) is 24.3 Å². The molecular formula is C15H12ClIO3. The maximum Gasteiger partial charge on any atom is 0.345 e. The molecule has 0 saturated carbocycles. The first-order chi connectivity index (χ1) is 9.54. The van der Waals surface area contributed by atoms with E-state index in [0.717, 1.165) is 9.13 Å². The summed E-state index contributed by atoms with van der Waals surface area (Å²) in [5.41, 5.74) is 0.923. The molecule has 1 atom stereocenters. The zero-order valence-corrected chi connectivity index (χ0v) is 13.3. The van der Waals surface area contributed by atoms with Crippen LogP contribution in [0, 0.1) is 3.57 Å². The second kappa shape index (κ2) is 6.95. The second-order valence-electron chi connectivity index (χ2n) is 4.23. The van der Waals surface area contributed by atoms with Crippen LogP contribution in [0.5, 0.6) is 5.75 Å². The molecule has 0 aliphatic heterocycles. The summed E-state index contributed by atoms with van der Waals surface area (Å²) in [6, 6.07) is 14.3. The number of ether oxygens (including phenoxy) is 1. The van der Waals surface area contributed by atoms with Gasteiger partial charge in [0.25, 0.3) is 0 Å². The Bertz CT molecular complexity index is 534. The number of halogens is 2. The molecule has 1 N–H and O–H groups in total. The fourth-order valence-electron chi connectivity index (χ4n) is 1.69. The Kier molecular flexibility index (Phi) is 5.25. The van der Waals surface area contributed by atoms with Gasteiger partial charge in [-0.3, -0.25) is 0 Å². The van der Waals surface area contributed by atoms with Crippen molar-refractivity contribution in [1.82, 2.24) is 0 Å². The molecule has 0 spiro atoms. The molecule has 104 valence electrons. The van der Waals surface area contributed by atoms with Crippen molar-refractivity contribution >= 4 is 40.2 Å². The summed E-state index contributed by atoms with van der Waals surface area (Å²) in [5, 5.41) is 9.84. The first kappa shape index (κ1) is 15.1. The van der Waals surface area contributed by atoms with Crippen LogP contribution in [0.25, 0.3) is 0 Å². The first-order valence-corrected chi connectivity index (χ1v) is 7.40. The zero-order chi connectivity index (χ0) is 14.5. The van der Waals surface area contributed by atoms with Crippen molar-refractivity contribution in [3.63, 3.8) is 0 Å². The molecule has 0 amide bonds. The summed E-state index contributed by atoms with van der Waals surface area (Å²) in [7, 11) is 0. The molecule has 20 heavy (non-hydrogen) atoms. The number of carbonyl (C=O) groups is 1. The normalized spacial score (nSPS) is 11.9. The van der Waals surface area contributed by atoms with E-state index in [4.69, 9.17) is 16.3 Å². The number of rotatable bonds is 5.